The predicted molar refractivity (Wildman–Crippen MR) is 120 cm³/mol. The van der Waals surface area contributed by atoms with Crippen LogP contribution in [0.5, 0.6) is 17.2 Å². The van der Waals surface area contributed by atoms with Crippen molar-refractivity contribution in [1.29, 1.82) is 0 Å². The molecule has 0 saturated carbocycles. The minimum Gasteiger partial charge on any atom is -0.504 e. The van der Waals surface area contributed by atoms with Gasteiger partial charge in [-0.15, -0.1) is 0 Å². The van der Waals surface area contributed by atoms with Crippen molar-refractivity contribution in [1.82, 2.24) is 0 Å². The van der Waals surface area contributed by atoms with E-state index in [0.29, 0.717) is 0 Å². The molecule has 2 N–H and O–H groups in total. The molecule has 2 aromatic rings. The van der Waals surface area contributed by atoms with Gasteiger partial charge in [0.15, 0.2) is 11.5 Å². The van der Waals surface area contributed by atoms with Crippen LogP contribution in [0.3, 0.4) is 0 Å². The lowest BCUT2D eigenvalue weighted by Crippen LogP contribution is -2.01. The number of aromatic hydroxyl groups is 1. The third-order valence-electron chi connectivity index (χ3n) is 5.23. The Balaban J connectivity index is 1.83. The van der Waals surface area contributed by atoms with Gasteiger partial charge in [0.2, 0.25) is 0 Å². The SMILES string of the molecule is CCCCCCCCCCCCc1cccc(Oc2ccccc2S(=O)(=O)O)c1O. The Hall–Kier alpha value is -2.05. The Morgan fingerprint density at radius 3 is 1.97 bits per heavy atom. The maximum absolute atomic E-state index is 11.5. The molecule has 0 aliphatic carbocycles. The van der Waals surface area contributed by atoms with E-state index in [1.54, 1.807) is 18.2 Å². The van der Waals surface area contributed by atoms with Crippen LogP contribution in [0.25, 0.3) is 0 Å². The molecule has 0 aromatic heterocycles. The molecular formula is C24H34O5S. The van der Waals surface area contributed by atoms with E-state index in [0.717, 1.165) is 24.8 Å². The number of rotatable bonds is 14. The summed E-state index contributed by atoms with van der Waals surface area (Å²) in [7, 11) is -4.42. The first-order chi connectivity index (χ1) is 14.4. The molecule has 5 nitrogen and oxygen atoms in total. The zero-order valence-corrected chi connectivity index (χ0v) is 18.7. The Morgan fingerprint density at radius 1 is 0.767 bits per heavy atom. The maximum Gasteiger partial charge on any atom is 0.298 e. The Labute approximate surface area is 180 Å². The first kappa shape index (κ1) is 24.2. The van der Waals surface area contributed by atoms with Gasteiger partial charge in [0.1, 0.15) is 10.6 Å². The van der Waals surface area contributed by atoms with Crippen LogP contribution in [0.15, 0.2) is 47.4 Å². The van der Waals surface area contributed by atoms with Crippen molar-refractivity contribution < 1.29 is 22.8 Å². The van der Waals surface area contributed by atoms with Crippen molar-refractivity contribution >= 4 is 10.1 Å². The van der Waals surface area contributed by atoms with Crippen LogP contribution in [0.2, 0.25) is 0 Å². The predicted octanol–water partition coefficient (Wildman–Crippen LogP) is 6.89. The monoisotopic (exact) mass is 434 g/mol. The second-order valence-electron chi connectivity index (χ2n) is 7.72. The van der Waals surface area contributed by atoms with Crippen molar-refractivity contribution in [2.45, 2.75) is 82.4 Å². The van der Waals surface area contributed by atoms with Gasteiger partial charge in [-0.3, -0.25) is 4.55 Å². The first-order valence-corrected chi connectivity index (χ1v) is 12.4. The van der Waals surface area contributed by atoms with Crippen LogP contribution in [-0.2, 0) is 16.5 Å². The lowest BCUT2D eigenvalue weighted by molar-refractivity contribution is 0.397. The molecule has 0 saturated heterocycles. The molecule has 0 aliphatic heterocycles. The maximum atomic E-state index is 11.5. The number of aryl methyl sites for hydroxylation is 1. The van der Waals surface area contributed by atoms with Gasteiger partial charge >= 0.3 is 0 Å². The molecular weight excluding hydrogens is 400 g/mol. The van der Waals surface area contributed by atoms with E-state index in [2.05, 4.69) is 6.92 Å². The standard InChI is InChI=1S/C24H34O5S/c1-2-3-4-5-6-7-8-9-10-11-15-20-16-14-18-22(24(20)25)29-21-17-12-13-19-23(21)30(26,27)28/h12-14,16-19,25H,2-11,15H2,1H3,(H,26,27,28). The number of phenols is 1. The summed E-state index contributed by atoms with van der Waals surface area (Å²) in [5.41, 5.74) is 0.774. The summed E-state index contributed by atoms with van der Waals surface area (Å²) in [4.78, 5) is -0.329. The van der Waals surface area contributed by atoms with Gasteiger partial charge in [-0.05, 0) is 36.6 Å². The van der Waals surface area contributed by atoms with E-state index in [-0.39, 0.29) is 22.1 Å². The Kier molecular flexibility index (Phi) is 10.2. The third-order valence-corrected chi connectivity index (χ3v) is 6.12. The fraction of sp³-hybridized carbons (Fsp3) is 0.500. The summed E-state index contributed by atoms with van der Waals surface area (Å²) in [6, 6.07) is 11.0. The van der Waals surface area contributed by atoms with Gasteiger partial charge in [-0.25, -0.2) is 0 Å². The van der Waals surface area contributed by atoms with E-state index in [4.69, 9.17) is 4.74 Å². The molecule has 0 aliphatic rings. The summed E-state index contributed by atoms with van der Waals surface area (Å²) in [5, 5.41) is 10.6. The van der Waals surface area contributed by atoms with Crippen molar-refractivity contribution in [3.63, 3.8) is 0 Å². The molecule has 6 heteroatoms. The first-order valence-electron chi connectivity index (χ1n) is 11.0. The van der Waals surface area contributed by atoms with Gasteiger partial charge in [0.05, 0.1) is 0 Å². The molecule has 2 aromatic carbocycles. The molecule has 0 bridgehead atoms. The van der Waals surface area contributed by atoms with Crippen molar-refractivity contribution in [3.05, 3.63) is 48.0 Å². The van der Waals surface area contributed by atoms with Crippen LogP contribution in [-0.4, -0.2) is 18.1 Å². The van der Waals surface area contributed by atoms with Gasteiger partial charge in [-0.2, -0.15) is 8.42 Å². The number of phenolic OH excluding ortho intramolecular Hbond substituents is 1. The lowest BCUT2D eigenvalue weighted by atomic mass is 10.0. The summed E-state index contributed by atoms with van der Waals surface area (Å²) < 4.78 is 38.0. The molecule has 0 atom stereocenters. The average molecular weight is 435 g/mol. The highest BCUT2D eigenvalue weighted by Crippen LogP contribution is 2.36. The van der Waals surface area contributed by atoms with Crippen LogP contribution in [0.1, 0.15) is 76.7 Å². The highest BCUT2D eigenvalue weighted by molar-refractivity contribution is 7.86. The highest BCUT2D eigenvalue weighted by atomic mass is 32.2. The highest BCUT2D eigenvalue weighted by Gasteiger charge is 2.18. The zero-order chi connectivity index (χ0) is 21.8. The number of hydrogen-bond acceptors (Lipinski definition) is 4. The third kappa shape index (κ3) is 8.00. The largest absolute Gasteiger partial charge is 0.504 e. The van der Waals surface area contributed by atoms with Crippen molar-refractivity contribution in [2.75, 3.05) is 0 Å². The number of unbranched alkanes of at least 4 members (excludes halogenated alkanes) is 9. The second-order valence-corrected chi connectivity index (χ2v) is 9.11. The number of ether oxygens (including phenoxy) is 1. The summed E-state index contributed by atoms with van der Waals surface area (Å²) >= 11 is 0. The van der Waals surface area contributed by atoms with Gasteiger partial charge in [0, 0.05) is 0 Å². The van der Waals surface area contributed by atoms with E-state index in [1.807, 2.05) is 6.07 Å². The van der Waals surface area contributed by atoms with E-state index in [1.165, 1.54) is 69.6 Å². The zero-order valence-electron chi connectivity index (χ0n) is 17.8. The van der Waals surface area contributed by atoms with Gasteiger partial charge < -0.3 is 9.84 Å². The fourth-order valence-corrected chi connectivity index (χ4v) is 4.14. The van der Waals surface area contributed by atoms with E-state index in [9.17, 15) is 18.1 Å². The second kappa shape index (κ2) is 12.6. The quantitative estimate of drug-likeness (QED) is 0.250. The molecule has 2 rings (SSSR count). The molecule has 0 heterocycles. The fourth-order valence-electron chi connectivity index (χ4n) is 3.52. The minimum atomic E-state index is -4.42. The topological polar surface area (TPSA) is 83.8 Å². The lowest BCUT2D eigenvalue weighted by Gasteiger charge is -2.13. The van der Waals surface area contributed by atoms with Crippen LogP contribution < -0.4 is 4.74 Å². The molecule has 0 unspecified atom stereocenters. The average Bonchev–Trinajstić information content (AvgIpc) is 2.71. The van der Waals surface area contributed by atoms with Gasteiger partial charge in [-0.1, -0.05) is 89.0 Å². The van der Waals surface area contributed by atoms with Crippen molar-refractivity contribution in [3.8, 4) is 17.2 Å². The Morgan fingerprint density at radius 2 is 1.33 bits per heavy atom. The van der Waals surface area contributed by atoms with Gasteiger partial charge in [0.25, 0.3) is 10.1 Å². The summed E-state index contributed by atoms with van der Waals surface area (Å²) in [6.07, 6.45) is 13.2. The number of hydrogen-bond donors (Lipinski definition) is 2. The summed E-state index contributed by atoms with van der Waals surface area (Å²) in [5.74, 6) is 0.167. The molecule has 0 spiro atoms. The molecule has 0 amide bonds. The van der Waals surface area contributed by atoms with E-state index < -0.39 is 10.1 Å². The molecule has 30 heavy (non-hydrogen) atoms. The number of benzene rings is 2. The number of para-hydroxylation sites is 2. The van der Waals surface area contributed by atoms with Crippen molar-refractivity contribution in [2.24, 2.45) is 0 Å². The van der Waals surface area contributed by atoms with Crippen LogP contribution in [0.4, 0.5) is 0 Å². The smallest absolute Gasteiger partial charge is 0.298 e. The van der Waals surface area contributed by atoms with Crippen LogP contribution >= 0.6 is 0 Å². The molecule has 0 fully saturated rings. The molecule has 0 radical (unpaired) electrons. The Bertz CT molecular complexity index is 877. The van der Waals surface area contributed by atoms with Crippen LogP contribution in [0, 0.1) is 0 Å². The normalized spacial score (nSPS) is 11.5. The summed E-state index contributed by atoms with van der Waals surface area (Å²) in [6.45, 7) is 2.23. The van der Waals surface area contributed by atoms with E-state index >= 15 is 0 Å². The minimum absolute atomic E-state index is 0.0126. The molecule has 166 valence electrons.